The van der Waals surface area contributed by atoms with Crippen LogP contribution in [-0.4, -0.2) is 9.97 Å². The smallest absolute Gasteiger partial charge is 0.397 e. The molecule has 2 heterocycles. The summed E-state index contributed by atoms with van der Waals surface area (Å²) in [6.45, 7) is 3.75. The normalized spacial score (nSPS) is 11.9. The van der Waals surface area contributed by atoms with Gasteiger partial charge < -0.3 is 10.7 Å². The molecule has 0 atom stereocenters. The number of hydrogen-bond acceptors (Lipinski definition) is 3. The van der Waals surface area contributed by atoms with Gasteiger partial charge in [-0.2, -0.15) is 13.2 Å². The zero-order valence-corrected chi connectivity index (χ0v) is 11.5. The molecule has 0 saturated heterocycles. The molecule has 0 unspecified atom stereocenters. The van der Waals surface area contributed by atoms with Crippen molar-refractivity contribution in [3.63, 3.8) is 0 Å². The summed E-state index contributed by atoms with van der Waals surface area (Å²) in [7, 11) is 0. The van der Waals surface area contributed by atoms with Gasteiger partial charge in [-0.1, -0.05) is 19.9 Å². The second-order valence-electron chi connectivity index (χ2n) is 4.97. The molecular weight excluding hydrogens is 283 g/mol. The van der Waals surface area contributed by atoms with Crippen molar-refractivity contribution in [1.82, 2.24) is 9.97 Å². The molecule has 2 aromatic rings. The number of alkyl halides is 3. The van der Waals surface area contributed by atoms with Crippen LogP contribution in [0, 0.1) is 0 Å². The molecule has 0 aromatic carbocycles. The summed E-state index contributed by atoms with van der Waals surface area (Å²) < 4.78 is 37.4. The van der Waals surface area contributed by atoms with Crippen LogP contribution >= 0.6 is 0 Å². The van der Waals surface area contributed by atoms with Gasteiger partial charge in [-0.05, 0) is 18.1 Å². The first-order valence-corrected chi connectivity index (χ1v) is 6.26. The van der Waals surface area contributed by atoms with E-state index in [2.05, 4.69) is 9.97 Å². The number of halogens is 3. The van der Waals surface area contributed by atoms with Crippen molar-refractivity contribution in [2.75, 3.05) is 5.73 Å². The van der Waals surface area contributed by atoms with Crippen LogP contribution < -0.4 is 11.3 Å². The molecule has 0 amide bonds. The van der Waals surface area contributed by atoms with Crippen LogP contribution in [0.1, 0.15) is 31.2 Å². The van der Waals surface area contributed by atoms with Crippen molar-refractivity contribution in [3.05, 3.63) is 46.1 Å². The Labute approximate surface area is 118 Å². The SMILES string of the molecule is CC(C)c1[nH]c(=O)c(-c2ccc(C(F)(F)F)nc2)cc1N. The molecule has 0 spiro atoms. The van der Waals surface area contributed by atoms with Gasteiger partial charge in [0.05, 0.1) is 11.3 Å². The van der Waals surface area contributed by atoms with Gasteiger partial charge in [-0.15, -0.1) is 0 Å². The maximum atomic E-state index is 12.5. The average molecular weight is 297 g/mol. The van der Waals surface area contributed by atoms with E-state index in [1.165, 1.54) is 12.1 Å². The molecule has 0 aliphatic heterocycles. The summed E-state index contributed by atoms with van der Waals surface area (Å²) in [6.07, 6.45) is -3.49. The minimum Gasteiger partial charge on any atom is -0.397 e. The van der Waals surface area contributed by atoms with Crippen LogP contribution in [0.3, 0.4) is 0 Å². The van der Waals surface area contributed by atoms with E-state index in [0.717, 1.165) is 12.3 Å². The number of nitrogens with two attached hydrogens (primary N) is 1. The predicted molar refractivity (Wildman–Crippen MR) is 73.8 cm³/mol. The maximum absolute atomic E-state index is 12.5. The van der Waals surface area contributed by atoms with E-state index >= 15 is 0 Å². The number of H-pyrrole nitrogens is 1. The van der Waals surface area contributed by atoms with E-state index in [1.807, 2.05) is 13.8 Å². The zero-order valence-electron chi connectivity index (χ0n) is 11.5. The molecule has 21 heavy (non-hydrogen) atoms. The van der Waals surface area contributed by atoms with Crippen molar-refractivity contribution < 1.29 is 13.2 Å². The topological polar surface area (TPSA) is 71.8 Å². The Balaban J connectivity index is 2.48. The summed E-state index contributed by atoms with van der Waals surface area (Å²) in [5, 5.41) is 0. The Morgan fingerprint density at radius 2 is 1.95 bits per heavy atom. The van der Waals surface area contributed by atoms with Gasteiger partial charge in [0.1, 0.15) is 5.69 Å². The van der Waals surface area contributed by atoms with E-state index < -0.39 is 17.4 Å². The summed E-state index contributed by atoms with van der Waals surface area (Å²) in [6, 6.07) is 3.49. The quantitative estimate of drug-likeness (QED) is 0.894. The molecule has 0 aliphatic rings. The maximum Gasteiger partial charge on any atom is 0.433 e. The van der Waals surface area contributed by atoms with Gasteiger partial charge in [0, 0.05) is 17.5 Å². The second kappa shape index (κ2) is 5.23. The fraction of sp³-hybridized carbons (Fsp3) is 0.286. The van der Waals surface area contributed by atoms with Crippen molar-refractivity contribution in [2.24, 2.45) is 0 Å². The minimum absolute atomic E-state index is 0.0393. The molecule has 2 aromatic heterocycles. The molecule has 0 radical (unpaired) electrons. The summed E-state index contributed by atoms with van der Waals surface area (Å²) in [5.74, 6) is 0.0393. The van der Waals surface area contributed by atoms with Gasteiger partial charge >= 0.3 is 6.18 Å². The number of hydrogen-bond donors (Lipinski definition) is 2. The molecule has 0 aliphatic carbocycles. The lowest BCUT2D eigenvalue weighted by molar-refractivity contribution is -0.141. The Bertz CT molecular complexity index is 703. The third-order valence-corrected chi connectivity index (χ3v) is 3.05. The standard InChI is InChI=1S/C14H14F3N3O/c1-7(2)12-10(18)5-9(13(21)20-12)8-3-4-11(19-6-8)14(15,16)17/h3-7H,18H2,1-2H3,(H,20,21). The predicted octanol–water partition coefficient (Wildman–Crippen LogP) is 3.16. The number of aromatic nitrogens is 2. The lowest BCUT2D eigenvalue weighted by atomic mass is 10.0. The molecule has 7 heteroatoms. The van der Waals surface area contributed by atoms with E-state index in [1.54, 1.807) is 0 Å². The number of nitrogen functional groups attached to an aromatic ring is 1. The van der Waals surface area contributed by atoms with E-state index in [0.29, 0.717) is 11.4 Å². The average Bonchev–Trinajstić information content (AvgIpc) is 2.40. The third-order valence-electron chi connectivity index (χ3n) is 3.05. The Morgan fingerprint density at radius 1 is 1.29 bits per heavy atom. The van der Waals surface area contributed by atoms with Crippen LogP contribution in [0.4, 0.5) is 18.9 Å². The lowest BCUT2D eigenvalue weighted by Crippen LogP contribution is -2.15. The molecule has 112 valence electrons. The number of nitrogens with one attached hydrogen (secondary N) is 1. The van der Waals surface area contributed by atoms with Crippen LogP contribution in [0.25, 0.3) is 11.1 Å². The summed E-state index contributed by atoms with van der Waals surface area (Å²) in [4.78, 5) is 18.0. The van der Waals surface area contributed by atoms with Crippen molar-refractivity contribution >= 4 is 5.69 Å². The summed E-state index contributed by atoms with van der Waals surface area (Å²) in [5.41, 5.74) is 5.91. The monoisotopic (exact) mass is 297 g/mol. The zero-order chi connectivity index (χ0) is 15.8. The highest BCUT2D eigenvalue weighted by molar-refractivity contribution is 5.66. The molecule has 4 nitrogen and oxygen atoms in total. The second-order valence-corrected chi connectivity index (χ2v) is 4.97. The van der Waals surface area contributed by atoms with Crippen molar-refractivity contribution in [2.45, 2.75) is 25.9 Å². The third kappa shape index (κ3) is 3.07. The van der Waals surface area contributed by atoms with Gasteiger partial charge in [0.2, 0.25) is 0 Å². The minimum atomic E-state index is -4.51. The Kier molecular flexibility index (Phi) is 3.76. The van der Waals surface area contributed by atoms with Crippen molar-refractivity contribution in [1.29, 1.82) is 0 Å². The highest BCUT2D eigenvalue weighted by Crippen LogP contribution is 2.29. The Morgan fingerprint density at radius 3 is 2.43 bits per heavy atom. The van der Waals surface area contributed by atoms with Crippen LogP contribution in [-0.2, 0) is 6.18 Å². The number of anilines is 1. The molecule has 0 fully saturated rings. The number of aromatic amines is 1. The first kappa shape index (κ1) is 15.1. The first-order valence-electron chi connectivity index (χ1n) is 6.26. The highest BCUT2D eigenvalue weighted by Gasteiger charge is 2.32. The molecule has 3 N–H and O–H groups in total. The van der Waals surface area contributed by atoms with E-state index in [9.17, 15) is 18.0 Å². The van der Waals surface area contributed by atoms with Gasteiger partial charge in [-0.3, -0.25) is 9.78 Å². The van der Waals surface area contributed by atoms with Crippen molar-refractivity contribution in [3.8, 4) is 11.1 Å². The first-order chi connectivity index (χ1) is 9.70. The fourth-order valence-electron chi connectivity index (χ4n) is 1.97. The Hall–Kier alpha value is -2.31. The molecular formula is C14H14F3N3O. The highest BCUT2D eigenvalue weighted by atomic mass is 19.4. The number of rotatable bonds is 2. The van der Waals surface area contributed by atoms with Crippen LogP contribution in [0.15, 0.2) is 29.2 Å². The van der Waals surface area contributed by atoms with Gasteiger partial charge in [0.25, 0.3) is 5.56 Å². The molecule has 0 bridgehead atoms. The van der Waals surface area contributed by atoms with E-state index in [4.69, 9.17) is 5.73 Å². The van der Waals surface area contributed by atoms with Crippen LogP contribution in [0.5, 0.6) is 0 Å². The molecule has 0 saturated carbocycles. The number of nitrogens with zero attached hydrogens (tertiary/aromatic N) is 1. The van der Waals surface area contributed by atoms with Gasteiger partial charge in [-0.25, -0.2) is 0 Å². The molecule has 2 rings (SSSR count). The van der Waals surface area contributed by atoms with E-state index in [-0.39, 0.29) is 17.0 Å². The summed E-state index contributed by atoms with van der Waals surface area (Å²) >= 11 is 0. The van der Waals surface area contributed by atoms with Crippen LogP contribution in [0.2, 0.25) is 0 Å². The number of pyridine rings is 2. The fourth-order valence-corrected chi connectivity index (χ4v) is 1.97. The lowest BCUT2D eigenvalue weighted by Gasteiger charge is -2.11. The van der Waals surface area contributed by atoms with Gasteiger partial charge in [0.15, 0.2) is 0 Å². The largest absolute Gasteiger partial charge is 0.433 e.